The first kappa shape index (κ1) is 16.8. The fourth-order valence-corrected chi connectivity index (χ4v) is 2.85. The summed E-state index contributed by atoms with van der Waals surface area (Å²) in [5.74, 6) is 1.03. The summed E-state index contributed by atoms with van der Waals surface area (Å²) < 4.78 is 0. The van der Waals surface area contributed by atoms with Gasteiger partial charge in [-0.2, -0.15) is 5.26 Å². The Kier molecular flexibility index (Phi) is 5.95. The molecule has 0 fully saturated rings. The number of amides is 1. The van der Waals surface area contributed by atoms with Gasteiger partial charge in [-0.05, 0) is 42.0 Å². The highest BCUT2D eigenvalue weighted by Gasteiger charge is 2.06. The number of rotatable bonds is 6. The van der Waals surface area contributed by atoms with Gasteiger partial charge >= 0.3 is 0 Å². The number of nitrogens with zero attached hydrogens (tertiary/aromatic N) is 1. The second kappa shape index (κ2) is 8.16. The van der Waals surface area contributed by atoms with Crippen LogP contribution in [0, 0.1) is 11.3 Å². The van der Waals surface area contributed by atoms with Crippen molar-refractivity contribution in [2.75, 3.05) is 11.1 Å². The Labute approximate surface area is 139 Å². The summed E-state index contributed by atoms with van der Waals surface area (Å²) in [5, 5.41) is 11.4. The summed E-state index contributed by atoms with van der Waals surface area (Å²) in [4.78, 5) is 23.1. The van der Waals surface area contributed by atoms with Crippen molar-refractivity contribution in [1.82, 2.24) is 0 Å². The van der Waals surface area contributed by atoms with Gasteiger partial charge in [0.2, 0.25) is 5.91 Å². The zero-order chi connectivity index (χ0) is 16.7. The van der Waals surface area contributed by atoms with E-state index in [4.69, 9.17) is 5.26 Å². The third-order valence-electron chi connectivity index (χ3n) is 3.11. The van der Waals surface area contributed by atoms with Gasteiger partial charge in [0.25, 0.3) is 0 Å². The minimum absolute atomic E-state index is 0.0537. The molecule has 0 aliphatic heterocycles. The van der Waals surface area contributed by atoms with Crippen LogP contribution in [0.3, 0.4) is 0 Å². The third-order valence-corrected chi connectivity index (χ3v) is 4.12. The molecule has 0 unspecified atom stereocenters. The molecule has 1 N–H and O–H groups in total. The highest BCUT2D eigenvalue weighted by atomic mass is 32.2. The third kappa shape index (κ3) is 5.28. The molecule has 2 aromatic rings. The van der Waals surface area contributed by atoms with Crippen LogP contribution in [0.5, 0.6) is 0 Å². The maximum atomic E-state index is 12.1. The highest BCUT2D eigenvalue weighted by Crippen LogP contribution is 2.16. The van der Waals surface area contributed by atoms with Crippen LogP contribution in [0.25, 0.3) is 0 Å². The number of hydrogen-bond acceptors (Lipinski definition) is 4. The first-order valence-corrected chi connectivity index (χ1v) is 8.21. The lowest BCUT2D eigenvalue weighted by Gasteiger charge is -2.05. The Morgan fingerprint density at radius 3 is 2.30 bits per heavy atom. The molecule has 1 amide bonds. The van der Waals surface area contributed by atoms with Crippen molar-refractivity contribution >= 4 is 29.1 Å². The van der Waals surface area contributed by atoms with Crippen molar-refractivity contribution in [3.8, 4) is 6.07 Å². The van der Waals surface area contributed by atoms with E-state index in [1.807, 2.05) is 12.1 Å². The number of nitrogens with one attached hydrogen (secondary N) is 1. The molecule has 2 rings (SSSR count). The van der Waals surface area contributed by atoms with Crippen LogP contribution >= 0.6 is 11.8 Å². The lowest BCUT2D eigenvalue weighted by Crippen LogP contribution is -2.07. The smallest absolute Gasteiger partial charge is 0.221 e. The van der Waals surface area contributed by atoms with Gasteiger partial charge in [0, 0.05) is 23.9 Å². The van der Waals surface area contributed by atoms with Crippen molar-refractivity contribution in [3.05, 3.63) is 65.2 Å². The van der Waals surface area contributed by atoms with Crippen LogP contribution in [0.4, 0.5) is 5.69 Å². The lowest BCUT2D eigenvalue weighted by molar-refractivity contribution is -0.114. The molecule has 4 nitrogen and oxygen atoms in total. The van der Waals surface area contributed by atoms with E-state index in [0.29, 0.717) is 22.6 Å². The van der Waals surface area contributed by atoms with Crippen molar-refractivity contribution in [3.63, 3.8) is 0 Å². The number of carbonyl (C=O) groups is 2. The van der Waals surface area contributed by atoms with Gasteiger partial charge < -0.3 is 5.32 Å². The van der Waals surface area contributed by atoms with Crippen molar-refractivity contribution in [1.29, 1.82) is 5.26 Å². The average molecular weight is 324 g/mol. The van der Waals surface area contributed by atoms with Crippen LogP contribution in [-0.2, 0) is 10.5 Å². The second-order valence-electron chi connectivity index (χ2n) is 4.98. The zero-order valence-electron chi connectivity index (χ0n) is 12.7. The van der Waals surface area contributed by atoms with Gasteiger partial charge in [-0.15, -0.1) is 11.8 Å². The predicted octanol–water partition coefficient (Wildman–Crippen LogP) is 3.63. The van der Waals surface area contributed by atoms with E-state index in [9.17, 15) is 9.59 Å². The molecule has 2 aromatic carbocycles. The van der Waals surface area contributed by atoms with E-state index in [2.05, 4.69) is 11.4 Å². The Bertz CT molecular complexity index is 731. The Balaban J connectivity index is 1.84. The van der Waals surface area contributed by atoms with Crippen LogP contribution < -0.4 is 5.32 Å². The Hall–Kier alpha value is -2.58. The summed E-state index contributed by atoms with van der Waals surface area (Å²) in [5.41, 5.74) is 3.03. The highest BCUT2D eigenvalue weighted by molar-refractivity contribution is 7.99. The standard InChI is InChI=1S/C18H16N2O2S/c1-13(21)20-17-8-6-16(7-9-17)18(22)12-23-11-15-4-2-14(10-19)3-5-15/h2-9H,11-12H2,1H3,(H,20,21). The van der Waals surface area contributed by atoms with Crippen LogP contribution in [-0.4, -0.2) is 17.4 Å². The molecule has 0 radical (unpaired) electrons. The fourth-order valence-electron chi connectivity index (χ4n) is 1.96. The quantitative estimate of drug-likeness (QED) is 0.824. The molecule has 0 heterocycles. The molecule has 0 bridgehead atoms. The molecular formula is C18H16N2O2S. The topological polar surface area (TPSA) is 70.0 Å². The molecule has 0 aliphatic rings. The fraction of sp³-hybridized carbons (Fsp3) is 0.167. The SMILES string of the molecule is CC(=O)Nc1ccc(C(=O)CSCc2ccc(C#N)cc2)cc1. The zero-order valence-corrected chi connectivity index (χ0v) is 13.5. The summed E-state index contributed by atoms with van der Waals surface area (Å²) in [7, 11) is 0. The Morgan fingerprint density at radius 2 is 1.74 bits per heavy atom. The molecule has 0 saturated heterocycles. The molecular weight excluding hydrogens is 308 g/mol. The number of nitriles is 1. The predicted molar refractivity (Wildman–Crippen MR) is 92.4 cm³/mol. The average Bonchev–Trinajstić information content (AvgIpc) is 2.55. The molecule has 0 atom stereocenters. The van der Waals surface area contributed by atoms with Crippen LogP contribution in [0.1, 0.15) is 28.4 Å². The molecule has 0 aliphatic carbocycles. The van der Waals surface area contributed by atoms with E-state index >= 15 is 0 Å². The first-order chi connectivity index (χ1) is 11.1. The molecule has 0 saturated carbocycles. The number of thioether (sulfide) groups is 1. The summed E-state index contributed by atoms with van der Waals surface area (Å²) in [6.07, 6.45) is 0. The maximum Gasteiger partial charge on any atom is 0.221 e. The van der Waals surface area contributed by atoms with Gasteiger partial charge in [0.15, 0.2) is 5.78 Å². The number of carbonyl (C=O) groups excluding carboxylic acids is 2. The van der Waals surface area contributed by atoms with E-state index in [1.165, 1.54) is 18.7 Å². The minimum atomic E-state index is -0.137. The normalized spacial score (nSPS) is 9.91. The van der Waals surface area contributed by atoms with E-state index in [1.54, 1.807) is 36.4 Å². The molecule has 116 valence electrons. The number of Topliss-reactive ketones (excluding diaryl/α,β-unsaturated/α-hetero) is 1. The van der Waals surface area contributed by atoms with Gasteiger partial charge in [-0.1, -0.05) is 12.1 Å². The number of benzene rings is 2. The second-order valence-corrected chi connectivity index (χ2v) is 5.97. The van der Waals surface area contributed by atoms with Crippen LogP contribution in [0.2, 0.25) is 0 Å². The molecule has 5 heteroatoms. The monoisotopic (exact) mass is 324 g/mol. The summed E-state index contributed by atoms with van der Waals surface area (Å²) >= 11 is 1.54. The number of hydrogen-bond donors (Lipinski definition) is 1. The minimum Gasteiger partial charge on any atom is -0.326 e. The molecule has 0 spiro atoms. The van der Waals surface area contributed by atoms with Crippen molar-refractivity contribution in [2.45, 2.75) is 12.7 Å². The summed E-state index contributed by atoms with van der Waals surface area (Å²) in [6.45, 7) is 1.44. The lowest BCUT2D eigenvalue weighted by atomic mass is 10.1. The number of ketones is 1. The van der Waals surface area contributed by atoms with Crippen LogP contribution in [0.15, 0.2) is 48.5 Å². The first-order valence-electron chi connectivity index (χ1n) is 7.06. The molecule has 23 heavy (non-hydrogen) atoms. The molecule has 0 aromatic heterocycles. The van der Waals surface area contributed by atoms with Gasteiger partial charge in [-0.3, -0.25) is 9.59 Å². The van der Waals surface area contributed by atoms with E-state index in [0.717, 1.165) is 11.3 Å². The largest absolute Gasteiger partial charge is 0.326 e. The van der Waals surface area contributed by atoms with Crippen molar-refractivity contribution < 1.29 is 9.59 Å². The maximum absolute atomic E-state index is 12.1. The van der Waals surface area contributed by atoms with Gasteiger partial charge in [0.1, 0.15) is 0 Å². The Morgan fingerprint density at radius 1 is 1.09 bits per heavy atom. The van der Waals surface area contributed by atoms with E-state index in [-0.39, 0.29) is 11.7 Å². The van der Waals surface area contributed by atoms with Gasteiger partial charge in [-0.25, -0.2) is 0 Å². The summed E-state index contributed by atoms with van der Waals surface area (Å²) in [6, 6.07) is 16.3. The van der Waals surface area contributed by atoms with Gasteiger partial charge in [0.05, 0.1) is 17.4 Å². The van der Waals surface area contributed by atoms with E-state index < -0.39 is 0 Å². The van der Waals surface area contributed by atoms with Crippen molar-refractivity contribution in [2.24, 2.45) is 0 Å². The number of anilines is 1.